The molecule has 0 saturated carbocycles. The van der Waals surface area contributed by atoms with Crippen molar-refractivity contribution >= 4 is 17.7 Å². The number of rotatable bonds is 9. The third-order valence-electron chi connectivity index (χ3n) is 2.60. The number of hydrogen-bond donors (Lipinski definition) is 1. The van der Waals surface area contributed by atoms with Crippen LogP contribution in [0.4, 0.5) is 5.69 Å². The van der Waals surface area contributed by atoms with Crippen molar-refractivity contribution < 1.29 is 24.3 Å². The van der Waals surface area contributed by atoms with E-state index < -0.39 is 10.9 Å². The highest BCUT2D eigenvalue weighted by molar-refractivity contribution is 5.85. The number of nitrogens with zero attached hydrogens (tertiary/aromatic N) is 1. The van der Waals surface area contributed by atoms with Crippen molar-refractivity contribution in [1.82, 2.24) is 0 Å². The molecular formula is C14H17NO6. The number of carboxylic acid groups (broad SMARTS) is 1. The average Bonchev–Trinajstić information content (AvgIpc) is 2.44. The predicted octanol–water partition coefficient (Wildman–Crippen LogP) is 2.50. The number of carbonyl (C=O) groups is 1. The van der Waals surface area contributed by atoms with Crippen LogP contribution in [0.5, 0.6) is 5.75 Å². The van der Waals surface area contributed by atoms with Crippen LogP contribution in [-0.4, -0.2) is 36.3 Å². The Bertz CT molecular complexity index is 526. The summed E-state index contributed by atoms with van der Waals surface area (Å²) in [4.78, 5) is 20.9. The maximum Gasteiger partial charge on any atom is 0.328 e. The SMILES string of the molecule is COCCCCOc1cc(/C=C/C(=O)O)ccc1[N+](=O)[O-]. The Kier molecular flexibility index (Phi) is 6.90. The van der Waals surface area contributed by atoms with Gasteiger partial charge in [-0.3, -0.25) is 10.1 Å². The van der Waals surface area contributed by atoms with Crippen molar-refractivity contribution in [3.05, 3.63) is 40.0 Å². The van der Waals surface area contributed by atoms with Crippen LogP contribution in [0.2, 0.25) is 0 Å². The number of aliphatic carboxylic acids is 1. The van der Waals surface area contributed by atoms with Crippen LogP contribution in [-0.2, 0) is 9.53 Å². The van der Waals surface area contributed by atoms with Gasteiger partial charge in [0.25, 0.3) is 0 Å². The molecule has 0 amide bonds. The minimum absolute atomic E-state index is 0.130. The summed E-state index contributed by atoms with van der Waals surface area (Å²) in [5.41, 5.74) is 0.379. The third kappa shape index (κ3) is 6.05. The van der Waals surface area contributed by atoms with Gasteiger partial charge in [0.05, 0.1) is 11.5 Å². The lowest BCUT2D eigenvalue weighted by atomic mass is 10.1. The molecule has 0 aliphatic rings. The Morgan fingerprint density at radius 3 is 2.71 bits per heavy atom. The molecule has 7 nitrogen and oxygen atoms in total. The summed E-state index contributed by atoms with van der Waals surface area (Å²) in [6.45, 7) is 0.934. The largest absolute Gasteiger partial charge is 0.487 e. The highest BCUT2D eigenvalue weighted by atomic mass is 16.6. The molecule has 0 aliphatic carbocycles. The second-order valence-corrected chi connectivity index (χ2v) is 4.20. The first-order chi connectivity index (χ1) is 10.0. The molecule has 1 rings (SSSR count). The first-order valence-corrected chi connectivity index (χ1v) is 6.35. The fourth-order valence-electron chi connectivity index (χ4n) is 1.60. The van der Waals surface area contributed by atoms with E-state index >= 15 is 0 Å². The van der Waals surface area contributed by atoms with E-state index in [0.29, 0.717) is 25.2 Å². The minimum Gasteiger partial charge on any atom is -0.487 e. The smallest absolute Gasteiger partial charge is 0.328 e. The van der Waals surface area contributed by atoms with E-state index in [9.17, 15) is 14.9 Å². The maximum atomic E-state index is 10.9. The van der Waals surface area contributed by atoms with Gasteiger partial charge in [0, 0.05) is 25.9 Å². The Labute approximate surface area is 121 Å². The molecule has 0 spiro atoms. The van der Waals surface area contributed by atoms with Gasteiger partial charge in [-0.1, -0.05) is 0 Å². The fraction of sp³-hybridized carbons (Fsp3) is 0.357. The predicted molar refractivity (Wildman–Crippen MR) is 76.4 cm³/mol. The zero-order valence-electron chi connectivity index (χ0n) is 11.7. The summed E-state index contributed by atoms with van der Waals surface area (Å²) < 4.78 is 10.3. The lowest BCUT2D eigenvalue weighted by Gasteiger charge is -2.07. The van der Waals surface area contributed by atoms with Gasteiger partial charge in [0.2, 0.25) is 0 Å². The van der Waals surface area contributed by atoms with Gasteiger partial charge < -0.3 is 14.6 Å². The summed E-state index contributed by atoms with van der Waals surface area (Å²) >= 11 is 0. The van der Waals surface area contributed by atoms with E-state index in [2.05, 4.69) is 0 Å². The number of nitro groups is 1. The molecular weight excluding hydrogens is 278 g/mol. The number of ether oxygens (including phenoxy) is 2. The number of hydrogen-bond acceptors (Lipinski definition) is 5. The maximum absolute atomic E-state index is 10.9. The summed E-state index contributed by atoms with van der Waals surface area (Å²) in [5.74, 6) is -0.958. The lowest BCUT2D eigenvalue weighted by molar-refractivity contribution is -0.385. The number of nitro benzene ring substituents is 1. The Morgan fingerprint density at radius 2 is 2.10 bits per heavy atom. The molecule has 7 heteroatoms. The third-order valence-corrected chi connectivity index (χ3v) is 2.60. The van der Waals surface area contributed by atoms with Crippen molar-refractivity contribution in [2.75, 3.05) is 20.3 Å². The second kappa shape index (κ2) is 8.70. The Balaban J connectivity index is 2.78. The highest BCUT2D eigenvalue weighted by Crippen LogP contribution is 2.28. The number of methoxy groups -OCH3 is 1. The molecule has 0 aliphatic heterocycles. The molecule has 1 N–H and O–H groups in total. The van der Waals surface area contributed by atoms with E-state index in [0.717, 1.165) is 12.5 Å². The first kappa shape index (κ1) is 16.6. The normalized spacial score (nSPS) is 10.7. The number of unbranched alkanes of at least 4 members (excludes halogenated alkanes) is 1. The summed E-state index contributed by atoms with van der Waals surface area (Å²) in [5, 5.41) is 19.5. The number of benzene rings is 1. The molecule has 0 bridgehead atoms. The minimum atomic E-state index is -1.09. The van der Waals surface area contributed by atoms with Gasteiger partial charge in [-0.2, -0.15) is 0 Å². The van der Waals surface area contributed by atoms with Crippen molar-refractivity contribution in [1.29, 1.82) is 0 Å². The average molecular weight is 295 g/mol. The zero-order chi connectivity index (χ0) is 15.7. The Hall–Kier alpha value is -2.41. The van der Waals surface area contributed by atoms with Gasteiger partial charge in [-0.15, -0.1) is 0 Å². The topological polar surface area (TPSA) is 98.9 Å². The molecule has 0 fully saturated rings. The van der Waals surface area contributed by atoms with Crippen LogP contribution in [0.15, 0.2) is 24.3 Å². The zero-order valence-corrected chi connectivity index (χ0v) is 11.7. The molecule has 0 aromatic heterocycles. The van der Waals surface area contributed by atoms with Gasteiger partial charge in [-0.25, -0.2) is 4.79 Å². The molecule has 0 unspecified atom stereocenters. The van der Waals surface area contributed by atoms with Crippen LogP contribution in [0.3, 0.4) is 0 Å². The van der Waals surface area contributed by atoms with Crippen molar-refractivity contribution in [2.24, 2.45) is 0 Å². The van der Waals surface area contributed by atoms with E-state index in [4.69, 9.17) is 14.6 Å². The van der Waals surface area contributed by atoms with Gasteiger partial charge in [0.1, 0.15) is 0 Å². The molecule has 1 aromatic rings. The molecule has 114 valence electrons. The quantitative estimate of drug-likeness (QED) is 0.325. The highest BCUT2D eigenvalue weighted by Gasteiger charge is 2.15. The number of carboxylic acids is 1. The van der Waals surface area contributed by atoms with Crippen LogP contribution >= 0.6 is 0 Å². The lowest BCUT2D eigenvalue weighted by Crippen LogP contribution is -2.02. The fourth-order valence-corrected chi connectivity index (χ4v) is 1.60. The van der Waals surface area contributed by atoms with E-state index in [1.165, 1.54) is 24.3 Å². The first-order valence-electron chi connectivity index (χ1n) is 6.35. The van der Waals surface area contributed by atoms with Crippen LogP contribution < -0.4 is 4.74 Å². The standard InChI is InChI=1S/C14H17NO6/c1-20-8-2-3-9-21-13-10-11(5-7-14(16)17)4-6-12(13)15(18)19/h4-7,10H,2-3,8-9H2,1H3,(H,16,17)/b7-5+. The van der Waals surface area contributed by atoms with Crippen molar-refractivity contribution in [2.45, 2.75) is 12.8 Å². The molecule has 0 heterocycles. The molecule has 1 aromatic carbocycles. The Morgan fingerprint density at radius 1 is 1.38 bits per heavy atom. The summed E-state index contributed by atoms with van der Waals surface area (Å²) in [6.07, 6.45) is 3.82. The second-order valence-electron chi connectivity index (χ2n) is 4.20. The van der Waals surface area contributed by atoms with Crippen molar-refractivity contribution in [3.8, 4) is 5.75 Å². The van der Waals surface area contributed by atoms with Gasteiger partial charge in [0.15, 0.2) is 5.75 Å². The van der Waals surface area contributed by atoms with E-state index in [1.54, 1.807) is 7.11 Å². The van der Waals surface area contributed by atoms with Crippen LogP contribution in [0.25, 0.3) is 6.08 Å². The molecule has 21 heavy (non-hydrogen) atoms. The van der Waals surface area contributed by atoms with E-state index in [1.807, 2.05) is 0 Å². The monoisotopic (exact) mass is 295 g/mol. The molecule has 0 radical (unpaired) electrons. The van der Waals surface area contributed by atoms with Crippen molar-refractivity contribution in [3.63, 3.8) is 0 Å². The summed E-state index contributed by atoms with van der Waals surface area (Å²) in [6, 6.07) is 4.22. The van der Waals surface area contributed by atoms with Crippen LogP contribution in [0, 0.1) is 10.1 Å². The van der Waals surface area contributed by atoms with E-state index in [-0.39, 0.29) is 11.4 Å². The van der Waals surface area contributed by atoms with Crippen LogP contribution in [0.1, 0.15) is 18.4 Å². The molecule has 0 saturated heterocycles. The van der Waals surface area contributed by atoms with Gasteiger partial charge in [-0.05, 0) is 36.6 Å². The summed E-state index contributed by atoms with van der Waals surface area (Å²) in [7, 11) is 1.60. The molecule has 0 atom stereocenters. The van der Waals surface area contributed by atoms with Gasteiger partial charge >= 0.3 is 11.7 Å².